The van der Waals surface area contributed by atoms with Gasteiger partial charge in [-0.2, -0.15) is 4.98 Å². The minimum atomic E-state index is 0.242. The van der Waals surface area contributed by atoms with E-state index in [4.69, 9.17) is 5.73 Å². The largest absolute Gasteiger partial charge is 0.370 e. The van der Waals surface area contributed by atoms with Gasteiger partial charge < -0.3 is 11.1 Å². The molecule has 0 aliphatic rings. The fourth-order valence-electron chi connectivity index (χ4n) is 1.30. The standard InChI is InChI=1S/C10H15N7S/c1-3-4-12-7-5-8(15-9(11)14-7)18-10-13-6(2)16-17-10/h5H,3-4H2,1-2H3,(H,13,16,17)(H3,11,12,14,15). The van der Waals surface area contributed by atoms with Crippen LogP contribution in [0.4, 0.5) is 11.8 Å². The van der Waals surface area contributed by atoms with Crippen LogP contribution in [0.3, 0.4) is 0 Å². The topological polar surface area (TPSA) is 105 Å². The Morgan fingerprint density at radius 3 is 2.89 bits per heavy atom. The lowest BCUT2D eigenvalue weighted by atomic mass is 10.4. The first-order valence-corrected chi connectivity index (χ1v) is 6.44. The third-order valence-corrected chi connectivity index (χ3v) is 2.83. The van der Waals surface area contributed by atoms with Crippen molar-refractivity contribution in [1.82, 2.24) is 25.1 Å². The minimum Gasteiger partial charge on any atom is -0.370 e. The van der Waals surface area contributed by atoms with Gasteiger partial charge >= 0.3 is 0 Å². The van der Waals surface area contributed by atoms with Crippen LogP contribution in [0.1, 0.15) is 19.2 Å². The number of anilines is 2. The van der Waals surface area contributed by atoms with E-state index in [1.807, 2.05) is 13.0 Å². The van der Waals surface area contributed by atoms with Crippen molar-refractivity contribution >= 4 is 23.5 Å². The van der Waals surface area contributed by atoms with E-state index in [9.17, 15) is 0 Å². The number of nitrogen functional groups attached to an aromatic ring is 1. The highest BCUT2D eigenvalue weighted by Gasteiger charge is 2.07. The highest BCUT2D eigenvalue weighted by atomic mass is 32.2. The molecule has 8 heteroatoms. The summed E-state index contributed by atoms with van der Waals surface area (Å²) in [6, 6.07) is 1.84. The van der Waals surface area contributed by atoms with Gasteiger partial charge in [-0.1, -0.05) is 6.92 Å². The lowest BCUT2D eigenvalue weighted by Crippen LogP contribution is -2.05. The Balaban J connectivity index is 2.14. The van der Waals surface area contributed by atoms with Gasteiger partial charge in [0.1, 0.15) is 16.7 Å². The van der Waals surface area contributed by atoms with Crippen molar-refractivity contribution in [3.63, 3.8) is 0 Å². The molecule has 0 atom stereocenters. The second-order valence-electron chi connectivity index (χ2n) is 3.68. The van der Waals surface area contributed by atoms with Crippen molar-refractivity contribution in [3.05, 3.63) is 11.9 Å². The van der Waals surface area contributed by atoms with E-state index in [-0.39, 0.29) is 5.95 Å². The third-order valence-electron chi connectivity index (χ3n) is 2.05. The van der Waals surface area contributed by atoms with E-state index in [2.05, 4.69) is 37.4 Å². The molecule has 0 fully saturated rings. The van der Waals surface area contributed by atoms with Crippen LogP contribution in [0.25, 0.3) is 0 Å². The second kappa shape index (κ2) is 5.67. The van der Waals surface area contributed by atoms with Gasteiger partial charge in [-0.25, -0.2) is 9.97 Å². The Kier molecular flexibility index (Phi) is 3.98. The zero-order valence-electron chi connectivity index (χ0n) is 10.3. The predicted molar refractivity (Wildman–Crippen MR) is 70.5 cm³/mol. The normalized spacial score (nSPS) is 10.6. The summed E-state index contributed by atoms with van der Waals surface area (Å²) < 4.78 is 0. The zero-order chi connectivity index (χ0) is 13.0. The molecule has 96 valence electrons. The van der Waals surface area contributed by atoms with Gasteiger partial charge in [-0.15, -0.1) is 5.10 Å². The molecule has 2 heterocycles. The van der Waals surface area contributed by atoms with Gasteiger partial charge in [0.05, 0.1) is 0 Å². The van der Waals surface area contributed by atoms with E-state index in [1.54, 1.807) is 0 Å². The van der Waals surface area contributed by atoms with Crippen LogP contribution in [0.2, 0.25) is 0 Å². The van der Waals surface area contributed by atoms with Crippen molar-refractivity contribution in [2.75, 3.05) is 17.6 Å². The van der Waals surface area contributed by atoms with Crippen molar-refractivity contribution in [2.45, 2.75) is 30.5 Å². The molecule has 4 N–H and O–H groups in total. The molecule has 2 aromatic heterocycles. The highest BCUT2D eigenvalue weighted by molar-refractivity contribution is 7.99. The molecule has 0 radical (unpaired) electrons. The SMILES string of the molecule is CCCNc1cc(Sc2n[nH]c(C)n2)nc(N)n1. The van der Waals surface area contributed by atoms with Gasteiger partial charge in [0.2, 0.25) is 11.1 Å². The Labute approximate surface area is 109 Å². The van der Waals surface area contributed by atoms with Crippen LogP contribution in [-0.4, -0.2) is 31.7 Å². The summed E-state index contributed by atoms with van der Waals surface area (Å²) in [4.78, 5) is 12.5. The van der Waals surface area contributed by atoms with E-state index in [0.29, 0.717) is 5.16 Å². The van der Waals surface area contributed by atoms with Gasteiger partial charge in [-0.05, 0) is 25.1 Å². The maximum atomic E-state index is 5.67. The van der Waals surface area contributed by atoms with Crippen molar-refractivity contribution < 1.29 is 0 Å². The Morgan fingerprint density at radius 1 is 1.39 bits per heavy atom. The van der Waals surface area contributed by atoms with Crippen LogP contribution >= 0.6 is 11.8 Å². The number of aromatic nitrogens is 5. The summed E-state index contributed by atoms with van der Waals surface area (Å²) in [5, 5.41) is 11.3. The molecule has 0 aromatic carbocycles. The maximum absolute atomic E-state index is 5.67. The van der Waals surface area contributed by atoms with Crippen molar-refractivity contribution in [3.8, 4) is 0 Å². The van der Waals surface area contributed by atoms with Crippen LogP contribution in [-0.2, 0) is 0 Å². The van der Waals surface area contributed by atoms with Gasteiger partial charge in [0, 0.05) is 12.6 Å². The maximum Gasteiger partial charge on any atom is 0.223 e. The zero-order valence-corrected chi connectivity index (χ0v) is 11.1. The minimum absolute atomic E-state index is 0.242. The first kappa shape index (κ1) is 12.6. The highest BCUT2D eigenvalue weighted by Crippen LogP contribution is 2.24. The molecular weight excluding hydrogens is 250 g/mol. The smallest absolute Gasteiger partial charge is 0.223 e. The van der Waals surface area contributed by atoms with Gasteiger partial charge in [0.15, 0.2) is 0 Å². The summed E-state index contributed by atoms with van der Waals surface area (Å²) in [5.41, 5.74) is 5.67. The fourth-order valence-corrected chi connectivity index (χ4v) is 2.07. The Morgan fingerprint density at radius 2 is 2.22 bits per heavy atom. The van der Waals surface area contributed by atoms with E-state index in [0.717, 1.165) is 29.6 Å². The summed E-state index contributed by atoms with van der Waals surface area (Å²) >= 11 is 1.35. The van der Waals surface area contributed by atoms with Gasteiger partial charge in [0.25, 0.3) is 0 Å². The molecule has 0 unspecified atom stereocenters. The van der Waals surface area contributed by atoms with Crippen LogP contribution in [0.5, 0.6) is 0 Å². The molecule has 0 bridgehead atoms. The van der Waals surface area contributed by atoms with Crippen LogP contribution in [0.15, 0.2) is 16.2 Å². The number of hydrogen-bond donors (Lipinski definition) is 3. The number of aryl methyl sites for hydroxylation is 1. The fraction of sp³-hybridized carbons (Fsp3) is 0.400. The number of nitrogens with one attached hydrogen (secondary N) is 2. The quantitative estimate of drug-likeness (QED) is 0.703. The van der Waals surface area contributed by atoms with E-state index < -0.39 is 0 Å². The number of nitrogens with zero attached hydrogens (tertiary/aromatic N) is 4. The summed E-state index contributed by atoms with van der Waals surface area (Å²) in [6.45, 7) is 4.78. The number of hydrogen-bond acceptors (Lipinski definition) is 7. The molecule has 0 aliphatic heterocycles. The monoisotopic (exact) mass is 265 g/mol. The number of nitrogens with two attached hydrogens (primary N) is 1. The first-order chi connectivity index (χ1) is 8.67. The molecule has 0 saturated heterocycles. The van der Waals surface area contributed by atoms with Crippen LogP contribution in [0, 0.1) is 6.92 Å². The number of H-pyrrole nitrogens is 1. The van der Waals surface area contributed by atoms with Crippen molar-refractivity contribution in [2.24, 2.45) is 0 Å². The molecule has 7 nitrogen and oxygen atoms in total. The van der Waals surface area contributed by atoms with Crippen LogP contribution < -0.4 is 11.1 Å². The van der Waals surface area contributed by atoms with Crippen molar-refractivity contribution in [1.29, 1.82) is 0 Å². The molecule has 0 saturated carbocycles. The Hall–Kier alpha value is -1.83. The Bertz CT molecular complexity index is 525. The molecular formula is C10H15N7S. The average molecular weight is 265 g/mol. The molecule has 0 aliphatic carbocycles. The molecule has 2 aromatic rings. The molecule has 18 heavy (non-hydrogen) atoms. The lowest BCUT2D eigenvalue weighted by Gasteiger charge is -2.05. The van der Waals surface area contributed by atoms with E-state index >= 15 is 0 Å². The number of rotatable bonds is 5. The molecule has 0 amide bonds. The predicted octanol–water partition coefficient (Wildman–Crippen LogP) is 1.46. The average Bonchev–Trinajstić information content (AvgIpc) is 2.71. The molecule has 2 rings (SSSR count). The summed E-state index contributed by atoms with van der Waals surface area (Å²) in [6.07, 6.45) is 1.02. The summed E-state index contributed by atoms with van der Waals surface area (Å²) in [5.74, 6) is 1.73. The second-order valence-corrected chi connectivity index (χ2v) is 4.67. The third kappa shape index (κ3) is 3.33. The van der Waals surface area contributed by atoms with Gasteiger partial charge in [-0.3, -0.25) is 5.10 Å². The number of aromatic amines is 1. The molecule has 0 spiro atoms. The summed E-state index contributed by atoms with van der Waals surface area (Å²) in [7, 11) is 0. The van der Waals surface area contributed by atoms with E-state index in [1.165, 1.54) is 11.8 Å². The first-order valence-electron chi connectivity index (χ1n) is 5.62. The lowest BCUT2D eigenvalue weighted by molar-refractivity contribution is 0.948.